The molecule has 4 aromatic rings. The van der Waals surface area contributed by atoms with Crippen LogP contribution in [-0.4, -0.2) is 32.5 Å². The van der Waals surface area contributed by atoms with Crippen molar-refractivity contribution in [2.75, 3.05) is 10.0 Å². The SMILES string of the molecule is Cc1ccnc(NS(=O)(=O)c2ccc(Nc3ccnc4c3c(=O)n(C)c(=O)n4C)cc2)n1. The predicted molar refractivity (Wildman–Crippen MR) is 120 cm³/mol. The summed E-state index contributed by atoms with van der Waals surface area (Å²) in [5.41, 5.74) is 0.884. The largest absolute Gasteiger partial charge is 0.355 e. The summed E-state index contributed by atoms with van der Waals surface area (Å²) >= 11 is 0. The number of nitrogens with one attached hydrogen (secondary N) is 2. The van der Waals surface area contributed by atoms with Crippen LogP contribution in [0.4, 0.5) is 17.3 Å². The van der Waals surface area contributed by atoms with Crippen LogP contribution < -0.4 is 21.3 Å². The predicted octanol–water partition coefficient (Wildman–Crippen LogP) is 1.28. The van der Waals surface area contributed by atoms with Gasteiger partial charge in [0.05, 0.1) is 10.6 Å². The van der Waals surface area contributed by atoms with Crippen molar-refractivity contribution in [2.24, 2.45) is 14.1 Å². The van der Waals surface area contributed by atoms with Crippen molar-refractivity contribution in [2.45, 2.75) is 11.8 Å². The van der Waals surface area contributed by atoms with Crippen LogP contribution >= 0.6 is 0 Å². The number of aromatic nitrogens is 5. The second kappa shape index (κ2) is 7.89. The summed E-state index contributed by atoms with van der Waals surface area (Å²) in [5, 5.41) is 3.33. The minimum absolute atomic E-state index is 0.0167. The van der Waals surface area contributed by atoms with Gasteiger partial charge in [-0.3, -0.25) is 13.9 Å². The summed E-state index contributed by atoms with van der Waals surface area (Å²) in [4.78, 5) is 36.9. The van der Waals surface area contributed by atoms with Gasteiger partial charge in [-0.05, 0) is 43.3 Å². The van der Waals surface area contributed by atoms with E-state index in [1.54, 1.807) is 31.2 Å². The molecule has 1 aromatic carbocycles. The molecule has 0 radical (unpaired) electrons. The van der Waals surface area contributed by atoms with Crippen LogP contribution in [-0.2, 0) is 24.1 Å². The molecule has 4 rings (SSSR count). The molecule has 0 amide bonds. The van der Waals surface area contributed by atoms with Gasteiger partial charge in [0.15, 0.2) is 5.65 Å². The monoisotopic (exact) mass is 453 g/mol. The van der Waals surface area contributed by atoms with Crippen LogP contribution in [0.2, 0.25) is 0 Å². The number of benzene rings is 1. The van der Waals surface area contributed by atoms with E-state index in [1.807, 2.05) is 0 Å². The van der Waals surface area contributed by atoms with Crippen molar-refractivity contribution in [3.8, 4) is 0 Å². The maximum absolute atomic E-state index is 12.7. The average molecular weight is 453 g/mol. The topological polar surface area (TPSA) is 141 Å². The third-order valence-corrected chi connectivity index (χ3v) is 6.15. The van der Waals surface area contributed by atoms with Gasteiger partial charge >= 0.3 is 5.69 Å². The van der Waals surface area contributed by atoms with Crippen molar-refractivity contribution < 1.29 is 8.42 Å². The van der Waals surface area contributed by atoms with Gasteiger partial charge in [-0.15, -0.1) is 0 Å². The van der Waals surface area contributed by atoms with Crippen LogP contribution in [0.1, 0.15) is 5.69 Å². The number of pyridine rings is 1. The molecule has 0 spiro atoms. The lowest BCUT2D eigenvalue weighted by atomic mass is 10.2. The maximum atomic E-state index is 12.7. The molecule has 0 unspecified atom stereocenters. The molecule has 11 nitrogen and oxygen atoms in total. The second-order valence-electron chi connectivity index (χ2n) is 7.04. The molecule has 0 aliphatic carbocycles. The van der Waals surface area contributed by atoms with Gasteiger partial charge < -0.3 is 5.32 Å². The van der Waals surface area contributed by atoms with E-state index >= 15 is 0 Å². The lowest BCUT2D eigenvalue weighted by molar-refractivity contribution is 0.601. The summed E-state index contributed by atoms with van der Waals surface area (Å²) in [5.74, 6) is -0.0167. The van der Waals surface area contributed by atoms with Gasteiger partial charge in [-0.25, -0.2) is 32.9 Å². The fraction of sp³-hybridized carbons (Fsp3) is 0.150. The Kier molecular flexibility index (Phi) is 5.22. The van der Waals surface area contributed by atoms with E-state index in [2.05, 4.69) is 25.0 Å². The Balaban J connectivity index is 1.66. The minimum atomic E-state index is -3.88. The molecular weight excluding hydrogens is 434 g/mol. The summed E-state index contributed by atoms with van der Waals surface area (Å²) in [7, 11) is -0.954. The summed E-state index contributed by atoms with van der Waals surface area (Å²) in [6.45, 7) is 1.73. The molecule has 0 aliphatic rings. The van der Waals surface area contributed by atoms with Gasteiger partial charge in [0, 0.05) is 37.9 Å². The number of hydrogen-bond acceptors (Lipinski definition) is 8. The van der Waals surface area contributed by atoms with Gasteiger partial charge in [-0.2, -0.15) is 0 Å². The molecule has 0 aliphatic heterocycles. The highest BCUT2D eigenvalue weighted by Crippen LogP contribution is 2.23. The van der Waals surface area contributed by atoms with Crippen LogP contribution in [0.25, 0.3) is 11.0 Å². The lowest BCUT2D eigenvalue weighted by Crippen LogP contribution is -2.37. The smallest absolute Gasteiger partial charge is 0.332 e. The molecule has 0 fully saturated rings. The summed E-state index contributed by atoms with van der Waals surface area (Å²) < 4.78 is 29.9. The van der Waals surface area contributed by atoms with E-state index in [-0.39, 0.29) is 21.9 Å². The molecule has 164 valence electrons. The number of rotatable bonds is 5. The molecular formula is C20H19N7O4S. The van der Waals surface area contributed by atoms with Crippen molar-refractivity contribution in [3.05, 3.63) is 75.3 Å². The third-order valence-electron chi connectivity index (χ3n) is 4.81. The standard InChI is InChI=1S/C20H19N7O4S/c1-12-8-10-22-19(23-12)25-32(30,31)14-6-4-13(5-7-14)24-15-9-11-21-17-16(15)18(28)27(3)20(29)26(17)2/h4-11H,1-3H3,(H,21,24)(H,22,23,25). The second-order valence-corrected chi connectivity index (χ2v) is 8.72. The summed E-state index contributed by atoms with van der Waals surface area (Å²) in [6, 6.07) is 9.21. The fourth-order valence-corrected chi connectivity index (χ4v) is 4.09. The molecule has 2 N–H and O–H groups in total. The van der Waals surface area contributed by atoms with Crippen molar-refractivity contribution in [1.82, 2.24) is 24.1 Å². The first-order valence-corrected chi connectivity index (χ1v) is 10.9. The molecule has 3 heterocycles. The Morgan fingerprint density at radius 3 is 2.28 bits per heavy atom. The summed E-state index contributed by atoms with van der Waals surface area (Å²) in [6.07, 6.45) is 2.94. The van der Waals surface area contributed by atoms with Gasteiger partial charge in [0.2, 0.25) is 5.95 Å². The first-order chi connectivity index (χ1) is 15.2. The lowest BCUT2D eigenvalue weighted by Gasteiger charge is -2.12. The van der Waals surface area contributed by atoms with E-state index < -0.39 is 21.3 Å². The number of anilines is 3. The van der Waals surface area contributed by atoms with E-state index in [9.17, 15) is 18.0 Å². The Bertz CT molecular complexity index is 1560. The van der Waals surface area contributed by atoms with Crippen molar-refractivity contribution >= 4 is 38.4 Å². The van der Waals surface area contributed by atoms with Gasteiger partial charge in [0.25, 0.3) is 15.6 Å². The van der Waals surface area contributed by atoms with E-state index in [0.29, 0.717) is 17.1 Å². The Morgan fingerprint density at radius 2 is 1.59 bits per heavy atom. The number of aryl methyl sites for hydroxylation is 2. The Labute approximate surface area is 182 Å². The zero-order valence-electron chi connectivity index (χ0n) is 17.4. The molecule has 3 aromatic heterocycles. The van der Waals surface area contributed by atoms with E-state index in [1.165, 1.54) is 43.2 Å². The number of hydrogen-bond donors (Lipinski definition) is 2. The van der Waals surface area contributed by atoms with Gasteiger partial charge in [-0.1, -0.05) is 0 Å². The Hall–Kier alpha value is -4.06. The van der Waals surface area contributed by atoms with E-state index in [4.69, 9.17) is 0 Å². The van der Waals surface area contributed by atoms with Crippen LogP contribution in [0.5, 0.6) is 0 Å². The highest BCUT2D eigenvalue weighted by Gasteiger charge is 2.17. The quantitative estimate of drug-likeness (QED) is 0.460. The average Bonchev–Trinajstić information content (AvgIpc) is 2.76. The molecule has 32 heavy (non-hydrogen) atoms. The molecule has 0 bridgehead atoms. The van der Waals surface area contributed by atoms with E-state index in [0.717, 1.165) is 4.57 Å². The number of sulfonamides is 1. The maximum Gasteiger partial charge on any atom is 0.332 e. The minimum Gasteiger partial charge on any atom is -0.355 e. The molecule has 0 saturated heterocycles. The highest BCUT2D eigenvalue weighted by atomic mass is 32.2. The van der Waals surface area contributed by atoms with Crippen LogP contribution in [0, 0.1) is 6.92 Å². The molecule has 0 saturated carbocycles. The first kappa shape index (κ1) is 21.2. The van der Waals surface area contributed by atoms with Crippen LogP contribution in [0.3, 0.4) is 0 Å². The fourth-order valence-electron chi connectivity index (χ4n) is 3.14. The third kappa shape index (κ3) is 3.83. The first-order valence-electron chi connectivity index (χ1n) is 9.41. The normalized spacial score (nSPS) is 11.5. The number of nitrogens with zero attached hydrogens (tertiary/aromatic N) is 5. The van der Waals surface area contributed by atoms with Crippen LogP contribution in [0.15, 0.2) is 63.3 Å². The zero-order chi connectivity index (χ0) is 23.0. The van der Waals surface area contributed by atoms with Crippen molar-refractivity contribution in [1.29, 1.82) is 0 Å². The molecule has 0 atom stereocenters. The molecule has 12 heteroatoms. The highest BCUT2D eigenvalue weighted by molar-refractivity contribution is 7.92. The number of fused-ring (bicyclic) bond motifs is 1. The Morgan fingerprint density at radius 1 is 0.906 bits per heavy atom. The van der Waals surface area contributed by atoms with Gasteiger partial charge in [0.1, 0.15) is 5.39 Å². The zero-order valence-corrected chi connectivity index (χ0v) is 18.2. The van der Waals surface area contributed by atoms with Crippen molar-refractivity contribution in [3.63, 3.8) is 0 Å².